The third-order valence-corrected chi connectivity index (χ3v) is 6.30. The highest BCUT2D eigenvalue weighted by Crippen LogP contribution is 2.47. The van der Waals surface area contributed by atoms with Gasteiger partial charge in [-0.25, -0.2) is 0 Å². The molecule has 2 aromatic carbocycles. The van der Waals surface area contributed by atoms with Gasteiger partial charge in [-0.15, -0.1) is 0 Å². The number of unbranched alkanes of at least 4 members (excludes halogenated alkanes) is 2. The molecule has 2 nitrogen and oxygen atoms in total. The fraction of sp³-hybridized carbons (Fsp3) is 0.400. The molecule has 0 aliphatic rings. The largest absolute Gasteiger partial charge is 0.496 e. The summed E-state index contributed by atoms with van der Waals surface area (Å²) in [5.41, 5.74) is 1.99. The number of hydrogen-bond donors (Lipinski definition) is 0. The van der Waals surface area contributed by atoms with Gasteiger partial charge < -0.3 is 9.47 Å². The lowest BCUT2D eigenvalue weighted by molar-refractivity contribution is 0.397. The Kier molecular flexibility index (Phi) is 7.87. The van der Waals surface area contributed by atoms with Gasteiger partial charge in [0, 0.05) is 0 Å². The van der Waals surface area contributed by atoms with Crippen molar-refractivity contribution in [2.24, 2.45) is 0 Å². The van der Waals surface area contributed by atoms with Gasteiger partial charge in [0.2, 0.25) is 0 Å². The van der Waals surface area contributed by atoms with Crippen LogP contribution < -0.4 is 14.8 Å². The summed E-state index contributed by atoms with van der Waals surface area (Å²) in [5.74, 6) is 1.55. The molecule has 0 N–H and O–H groups in total. The first-order valence-electron chi connectivity index (χ1n) is 8.48. The van der Waals surface area contributed by atoms with Crippen LogP contribution in [0.25, 0.3) is 11.1 Å². The average Bonchev–Trinajstić information content (AvgIpc) is 2.61. The molecule has 25 heavy (non-hydrogen) atoms. The van der Waals surface area contributed by atoms with Crippen molar-refractivity contribution < 1.29 is 9.47 Å². The van der Waals surface area contributed by atoms with Crippen LogP contribution in [0, 0.1) is 0 Å². The van der Waals surface area contributed by atoms with E-state index in [1.165, 1.54) is 0 Å². The molecule has 2 rings (SSSR count). The normalized spacial score (nSPS) is 11.9. The van der Waals surface area contributed by atoms with Crippen molar-refractivity contribution in [3.63, 3.8) is 0 Å². The maximum Gasteiger partial charge on any atom is 0.138 e. The zero-order valence-corrected chi connectivity index (χ0v) is 17.5. The van der Waals surface area contributed by atoms with Crippen LogP contribution in [0.5, 0.6) is 11.5 Å². The second-order valence-electron chi connectivity index (χ2n) is 5.87. The molecule has 0 bridgehead atoms. The van der Waals surface area contributed by atoms with E-state index in [9.17, 15) is 0 Å². The average molecular weight is 399 g/mol. The van der Waals surface area contributed by atoms with E-state index in [1.807, 2.05) is 30.3 Å². The smallest absolute Gasteiger partial charge is 0.138 e. The van der Waals surface area contributed by atoms with Gasteiger partial charge in [0.1, 0.15) is 15.6 Å². The first-order chi connectivity index (χ1) is 12.0. The van der Waals surface area contributed by atoms with Crippen molar-refractivity contribution in [3.05, 3.63) is 42.5 Å². The van der Waals surface area contributed by atoms with E-state index in [0.717, 1.165) is 53.6 Å². The standard InChI is InChI=1S/C20H25Cl2O2P/c1-4-5-8-14-20(21,22)25-18-13-7-6-10-15(18)19-16(23-2)11-9-12-17(19)24-3/h6-7,9-13,25H,4-5,8,14H2,1-3H3. The van der Waals surface area contributed by atoms with Gasteiger partial charge in [-0.1, -0.05) is 88.3 Å². The number of hydrogen-bond acceptors (Lipinski definition) is 2. The van der Waals surface area contributed by atoms with Gasteiger partial charge in [-0.2, -0.15) is 0 Å². The number of ether oxygens (including phenoxy) is 2. The Morgan fingerprint density at radius 2 is 1.56 bits per heavy atom. The van der Waals surface area contributed by atoms with E-state index < -0.39 is 4.07 Å². The SMILES string of the molecule is CCCCCC(Cl)(Cl)Pc1ccccc1-c1c(OC)cccc1OC. The quantitative estimate of drug-likeness (QED) is 0.277. The van der Waals surface area contributed by atoms with Crippen molar-refractivity contribution >= 4 is 37.1 Å². The summed E-state index contributed by atoms with van der Waals surface area (Å²) in [7, 11) is 3.62. The highest BCUT2D eigenvalue weighted by Gasteiger charge is 2.26. The van der Waals surface area contributed by atoms with Crippen LogP contribution in [0.3, 0.4) is 0 Å². The molecule has 1 atom stereocenters. The summed E-state index contributed by atoms with van der Waals surface area (Å²) in [6.07, 6.45) is 4.13. The Labute approximate surface area is 162 Å². The molecule has 0 amide bonds. The molecular formula is C20H25Cl2O2P. The minimum Gasteiger partial charge on any atom is -0.496 e. The molecule has 136 valence electrons. The van der Waals surface area contributed by atoms with Crippen molar-refractivity contribution in [3.8, 4) is 22.6 Å². The second-order valence-corrected chi connectivity index (χ2v) is 9.63. The Balaban J connectivity index is 2.39. The highest BCUT2D eigenvalue weighted by atomic mass is 35.5. The van der Waals surface area contributed by atoms with Gasteiger partial charge in [-0.05, 0) is 29.4 Å². The maximum atomic E-state index is 6.63. The topological polar surface area (TPSA) is 18.5 Å². The third kappa shape index (κ3) is 5.51. The Hall–Kier alpha value is -0.950. The lowest BCUT2D eigenvalue weighted by Crippen LogP contribution is -2.13. The van der Waals surface area contributed by atoms with Crippen LogP contribution in [-0.4, -0.2) is 18.3 Å². The Bertz CT molecular complexity index is 667. The molecule has 0 aliphatic carbocycles. The molecule has 0 spiro atoms. The second kappa shape index (κ2) is 9.67. The van der Waals surface area contributed by atoms with Crippen LogP contribution in [0.4, 0.5) is 0 Å². The lowest BCUT2D eigenvalue weighted by atomic mass is 10.0. The zero-order valence-electron chi connectivity index (χ0n) is 14.9. The predicted octanol–water partition coefficient (Wildman–Crippen LogP) is 6.39. The molecule has 1 unspecified atom stereocenters. The minimum atomic E-state index is -0.749. The fourth-order valence-electron chi connectivity index (χ4n) is 2.78. The predicted molar refractivity (Wildman–Crippen MR) is 112 cm³/mol. The van der Waals surface area contributed by atoms with Gasteiger partial charge in [0.15, 0.2) is 0 Å². The van der Waals surface area contributed by atoms with E-state index in [4.69, 9.17) is 32.7 Å². The number of methoxy groups -OCH3 is 2. The van der Waals surface area contributed by atoms with Crippen molar-refractivity contribution in [1.29, 1.82) is 0 Å². The molecule has 0 heterocycles. The van der Waals surface area contributed by atoms with Crippen molar-refractivity contribution in [2.45, 2.75) is 36.7 Å². The number of alkyl halides is 2. The molecule has 0 aromatic heterocycles. The molecule has 0 saturated carbocycles. The molecule has 2 aromatic rings. The van der Waals surface area contributed by atoms with E-state index in [-0.39, 0.29) is 8.58 Å². The fourth-order valence-corrected chi connectivity index (χ4v) is 4.88. The van der Waals surface area contributed by atoms with E-state index in [2.05, 4.69) is 19.1 Å². The Morgan fingerprint density at radius 3 is 2.16 bits per heavy atom. The lowest BCUT2D eigenvalue weighted by Gasteiger charge is -2.22. The summed E-state index contributed by atoms with van der Waals surface area (Å²) >= 11 is 13.3. The van der Waals surface area contributed by atoms with Gasteiger partial charge in [0.05, 0.1) is 19.8 Å². The number of rotatable bonds is 9. The summed E-state index contributed by atoms with van der Waals surface area (Å²) in [4.78, 5) is 0. The number of halogens is 2. The van der Waals surface area contributed by atoms with Crippen molar-refractivity contribution in [2.75, 3.05) is 14.2 Å². The van der Waals surface area contributed by atoms with Crippen LogP contribution in [0.1, 0.15) is 32.6 Å². The number of benzene rings is 2. The van der Waals surface area contributed by atoms with Crippen molar-refractivity contribution in [1.82, 2.24) is 0 Å². The minimum absolute atomic E-state index is 0.282. The molecule has 5 heteroatoms. The molecular weight excluding hydrogens is 374 g/mol. The van der Waals surface area contributed by atoms with E-state index in [0.29, 0.717) is 0 Å². The first kappa shape index (κ1) is 20.4. The molecule has 0 aliphatic heterocycles. The summed E-state index contributed by atoms with van der Waals surface area (Å²) < 4.78 is 10.4. The monoisotopic (exact) mass is 398 g/mol. The Morgan fingerprint density at radius 1 is 0.920 bits per heavy atom. The molecule has 0 radical (unpaired) electrons. The van der Waals surface area contributed by atoms with Gasteiger partial charge in [-0.3, -0.25) is 0 Å². The first-order valence-corrected chi connectivity index (χ1v) is 10.2. The van der Waals surface area contributed by atoms with Crippen LogP contribution in [0.15, 0.2) is 42.5 Å². The summed E-state index contributed by atoms with van der Waals surface area (Å²) in [5, 5.41) is 1.12. The molecule has 0 fully saturated rings. The van der Waals surface area contributed by atoms with E-state index >= 15 is 0 Å². The van der Waals surface area contributed by atoms with Crippen LogP contribution in [0.2, 0.25) is 0 Å². The highest BCUT2D eigenvalue weighted by molar-refractivity contribution is 7.54. The summed E-state index contributed by atoms with van der Waals surface area (Å²) in [6, 6.07) is 14.0. The molecule has 0 saturated heterocycles. The van der Waals surface area contributed by atoms with Gasteiger partial charge in [0.25, 0.3) is 0 Å². The third-order valence-electron chi connectivity index (χ3n) is 4.04. The summed E-state index contributed by atoms with van der Waals surface area (Å²) in [6.45, 7) is 2.18. The van der Waals surface area contributed by atoms with Gasteiger partial charge >= 0.3 is 0 Å². The van der Waals surface area contributed by atoms with E-state index in [1.54, 1.807) is 14.2 Å². The van der Waals surface area contributed by atoms with Crippen LogP contribution in [-0.2, 0) is 0 Å². The maximum absolute atomic E-state index is 6.63. The van der Waals surface area contributed by atoms with Crippen LogP contribution >= 0.6 is 31.8 Å². The zero-order chi connectivity index (χ0) is 18.3.